The number of hydrogen-bond donors (Lipinski definition) is 1. The van der Waals surface area contributed by atoms with E-state index in [2.05, 4.69) is 16.3 Å². The normalized spacial score (nSPS) is 19.8. The maximum Gasteiger partial charge on any atom is 0.267 e. The van der Waals surface area contributed by atoms with Crippen LogP contribution in [0, 0.1) is 5.92 Å². The number of benzene rings is 1. The SMILES string of the molecule is COc1cc2cc(C(=O)NCCN3C[C@H]4C[C@@H](C3)c3cccc(=O)n3C4)n(C)c2cc1OC. The van der Waals surface area contributed by atoms with Crippen LogP contribution >= 0.6 is 0 Å². The summed E-state index contributed by atoms with van der Waals surface area (Å²) in [5.74, 6) is 2.04. The topological polar surface area (TPSA) is 77.7 Å². The van der Waals surface area contributed by atoms with Crippen LogP contribution in [-0.2, 0) is 13.6 Å². The van der Waals surface area contributed by atoms with Gasteiger partial charge in [0, 0.05) is 68.9 Å². The molecular formula is C25H30N4O4. The molecule has 174 valence electrons. The van der Waals surface area contributed by atoms with Gasteiger partial charge in [-0.15, -0.1) is 0 Å². The fourth-order valence-electron chi connectivity index (χ4n) is 5.48. The molecule has 0 radical (unpaired) electrons. The number of carbonyl (C=O) groups excluding carboxylic acids is 1. The first-order chi connectivity index (χ1) is 16.0. The summed E-state index contributed by atoms with van der Waals surface area (Å²) in [4.78, 5) is 27.6. The average molecular weight is 451 g/mol. The van der Waals surface area contributed by atoms with Crippen molar-refractivity contribution in [3.8, 4) is 11.5 Å². The quantitative estimate of drug-likeness (QED) is 0.623. The molecule has 33 heavy (non-hydrogen) atoms. The first-order valence-electron chi connectivity index (χ1n) is 11.4. The number of piperidine rings is 1. The molecule has 4 heterocycles. The Kier molecular flexibility index (Phi) is 5.62. The molecule has 2 bridgehead atoms. The van der Waals surface area contributed by atoms with Crippen LogP contribution in [0.3, 0.4) is 0 Å². The summed E-state index contributed by atoms with van der Waals surface area (Å²) in [6, 6.07) is 11.3. The predicted octanol–water partition coefficient (Wildman–Crippen LogP) is 2.21. The van der Waals surface area contributed by atoms with Crippen LogP contribution in [0.25, 0.3) is 10.9 Å². The second-order valence-corrected chi connectivity index (χ2v) is 9.07. The number of pyridine rings is 1. The summed E-state index contributed by atoms with van der Waals surface area (Å²) in [6.45, 7) is 4.04. The molecule has 2 atom stereocenters. The Hall–Kier alpha value is -3.26. The van der Waals surface area contributed by atoms with Gasteiger partial charge in [0.25, 0.3) is 11.5 Å². The lowest BCUT2D eigenvalue weighted by atomic mass is 9.83. The van der Waals surface area contributed by atoms with E-state index >= 15 is 0 Å². The van der Waals surface area contributed by atoms with Gasteiger partial charge in [0.2, 0.25) is 0 Å². The second-order valence-electron chi connectivity index (χ2n) is 9.07. The third-order valence-corrected chi connectivity index (χ3v) is 7.05. The molecule has 3 aromatic rings. The molecule has 8 nitrogen and oxygen atoms in total. The molecule has 1 amide bonds. The smallest absolute Gasteiger partial charge is 0.267 e. The minimum Gasteiger partial charge on any atom is -0.493 e. The highest BCUT2D eigenvalue weighted by molar-refractivity contribution is 5.99. The van der Waals surface area contributed by atoms with Gasteiger partial charge in [-0.25, -0.2) is 0 Å². The van der Waals surface area contributed by atoms with E-state index in [4.69, 9.17) is 9.47 Å². The van der Waals surface area contributed by atoms with Gasteiger partial charge in [-0.2, -0.15) is 0 Å². The number of aromatic nitrogens is 2. The molecule has 0 spiro atoms. The fourth-order valence-corrected chi connectivity index (χ4v) is 5.48. The van der Waals surface area contributed by atoms with Crippen molar-refractivity contribution in [3.63, 3.8) is 0 Å². The first kappa shape index (κ1) is 21.6. The Labute approximate surface area is 192 Å². The average Bonchev–Trinajstić information content (AvgIpc) is 3.14. The van der Waals surface area contributed by atoms with Gasteiger partial charge < -0.3 is 28.8 Å². The van der Waals surface area contributed by atoms with E-state index < -0.39 is 0 Å². The van der Waals surface area contributed by atoms with E-state index in [0.717, 1.165) is 49.2 Å². The minimum atomic E-state index is -0.0965. The van der Waals surface area contributed by atoms with E-state index in [9.17, 15) is 9.59 Å². The van der Waals surface area contributed by atoms with E-state index in [1.807, 2.05) is 40.4 Å². The second kappa shape index (κ2) is 8.59. The van der Waals surface area contributed by atoms with Gasteiger partial charge in [0.1, 0.15) is 5.69 Å². The van der Waals surface area contributed by atoms with Crippen molar-refractivity contribution in [1.29, 1.82) is 0 Å². The standard InChI is InChI=1S/C25H30N4O4/c1-27-20-12-23(33-3)22(32-2)11-17(20)10-21(27)25(31)26-7-8-28-13-16-9-18(15-28)19-5-4-6-24(30)29(19)14-16/h4-6,10-12,16,18H,7-9,13-15H2,1-3H3,(H,26,31)/t16-,18+/m1/s1. The highest BCUT2D eigenvalue weighted by Crippen LogP contribution is 2.35. The van der Waals surface area contributed by atoms with Crippen molar-refractivity contribution in [2.75, 3.05) is 40.4 Å². The molecule has 0 unspecified atom stereocenters. The summed E-state index contributed by atoms with van der Waals surface area (Å²) >= 11 is 0. The lowest BCUT2D eigenvalue weighted by Crippen LogP contribution is -2.48. The van der Waals surface area contributed by atoms with Gasteiger partial charge in [0.05, 0.1) is 19.7 Å². The van der Waals surface area contributed by atoms with Crippen molar-refractivity contribution >= 4 is 16.8 Å². The van der Waals surface area contributed by atoms with Crippen LogP contribution in [0.1, 0.15) is 28.5 Å². The van der Waals surface area contributed by atoms with Gasteiger partial charge >= 0.3 is 0 Å². The van der Waals surface area contributed by atoms with Gasteiger partial charge in [-0.05, 0) is 30.5 Å². The molecule has 5 rings (SSSR count). The third-order valence-electron chi connectivity index (χ3n) is 7.05. The fraction of sp³-hybridized carbons (Fsp3) is 0.440. The summed E-state index contributed by atoms with van der Waals surface area (Å²) in [5.41, 5.74) is 2.77. The maximum absolute atomic E-state index is 12.9. The third kappa shape index (κ3) is 3.88. The predicted molar refractivity (Wildman–Crippen MR) is 126 cm³/mol. The zero-order valence-electron chi connectivity index (χ0n) is 19.3. The van der Waals surface area contributed by atoms with E-state index in [0.29, 0.717) is 35.6 Å². The highest BCUT2D eigenvalue weighted by Gasteiger charge is 2.34. The number of carbonyl (C=O) groups is 1. The summed E-state index contributed by atoms with van der Waals surface area (Å²) in [6.07, 6.45) is 1.13. The number of rotatable bonds is 6. The number of likely N-dealkylation sites (tertiary alicyclic amines) is 1. The highest BCUT2D eigenvalue weighted by atomic mass is 16.5. The molecule has 0 aliphatic carbocycles. The molecule has 0 saturated carbocycles. The van der Waals surface area contributed by atoms with Crippen molar-refractivity contribution in [1.82, 2.24) is 19.4 Å². The number of ether oxygens (including phenoxy) is 2. The number of aryl methyl sites for hydroxylation is 1. The monoisotopic (exact) mass is 450 g/mol. The first-order valence-corrected chi connectivity index (χ1v) is 11.4. The molecule has 8 heteroatoms. The number of nitrogens with zero attached hydrogens (tertiary/aromatic N) is 3. The minimum absolute atomic E-state index is 0.0965. The van der Waals surface area contributed by atoms with Crippen LogP contribution in [0.15, 0.2) is 41.2 Å². The molecular weight excluding hydrogens is 420 g/mol. The molecule has 1 N–H and O–H groups in total. The number of amides is 1. The van der Waals surface area contributed by atoms with Gasteiger partial charge in [-0.1, -0.05) is 6.07 Å². The maximum atomic E-state index is 12.9. The summed E-state index contributed by atoms with van der Waals surface area (Å²) < 4.78 is 14.6. The lowest BCUT2D eigenvalue weighted by molar-refractivity contribution is 0.0920. The summed E-state index contributed by atoms with van der Waals surface area (Å²) in [5, 5.41) is 4.01. The molecule has 1 saturated heterocycles. The van der Waals surface area contributed by atoms with E-state index in [1.165, 1.54) is 0 Å². The molecule has 2 aliphatic heterocycles. The Morgan fingerprint density at radius 3 is 2.67 bits per heavy atom. The van der Waals surface area contributed by atoms with Crippen LogP contribution < -0.4 is 20.3 Å². The Bertz CT molecular complexity index is 1260. The van der Waals surface area contributed by atoms with Gasteiger partial charge in [0.15, 0.2) is 11.5 Å². The molecule has 1 fully saturated rings. The Balaban J connectivity index is 1.24. The number of fused-ring (bicyclic) bond motifs is 5. The van der Waals surface area contributed by atoms with E-state index in [-0.39, 0.29) is 11.5 Å². The van der Waals surface area contributed by atoms with Crippen LogP contribution in [0.2, 0.25) is 0 Å². The molecule has 2 aromatic heterocycles. The lowest BCUT2D eigenvalue weighted by Gasteiger charge is -2.42. The molecule has 1 aromatic carbocycles. The number of hydrogen-bond acceptors (Lipinski definition) is 5. The zero-order chi connectivity index (χ0) is 23.1. The van der Waals surface area contributed by atoms with E-state index in [1.54, 1.807) is 20.3 Å². The van der Waals surface area contributed by atoms with Crippen LogP contribution in [-0.4, -0.2) is 60.3 Å². The Morgan fingerprint density at radius 2 is 1.88 bits per heavy atom. The molecule has 2 aliphatic rings. The number of nitrogens with one attached hydrogen (secondary N) is 1. The largest absolute Gasteiger partial charge is 0.493 e. The van der Waals surface area contributed by atoms with Crippen molar-refractivity contribution in [3.05, 3.63) is 58.1 Å². The Morgan fingerprint density at radius 1 is 1.09 bits per heavy atom. The van der Waals surface area contributed by atoms with Crippen LogP contribution in [0.5, 0.6) is 11.5 Å². The number of methoxy groups -OCH3 is 2. The van der Waals surface area contributed by atoms with Gasteiger partial charge in [-0.3, -0.25) is 9.59 Å². The zero-order valence-corrected chi connectivity index (χ0v) is 19.3. The summed E-state index contributed by atoms with van der Waals surface area (Å²) in [7, 11) is 5.09. The van der Waals surface area contributed by atoms with Crippen molar-refractivity contribution in [2.24, 2.45) is 13.0 Å². The van der Waals surface area contributed by atoms with Crippen molar-refractivity contribution < 1.29 is 14.3 Å². The van der Waals surface area contributed by atoms with Crippen LogP contribution in [0.4, 0.5) is 0 Å². The van der Waals surface area contributed by atoms with Crippen molar-refractivity contribution in [2.45, 2.75) is 18.9 Å².